The molecule has 0 fully saturated rings. The van der Waals surface area contributed by atoms with Crippen molar-refractivity contribution in [2.24, 2.45) is 0 Å². The van der Waals surface area contributed by atoms with E-state index < -0.39 is 15.8 Å². The topological polar surface area (TPSA) is 79.5 Å². The number of methoxy groups -OCH3 is 1. The molecule has 114 valence electrons. The van der Waals surface area contributed by atoms with Gasteiger partial charge in [0.25, 0.3) is 9.70 Å². The third kappa shape index (κ3) is 5.92. The molecule has 0 saturated carbocycles. The molecular formula is C11H10Cl3N3O3S. The molecule has 0 heterocycles. The Morgan fingerprint density at radius 3 is 2.14 bits per heavy atom. The highest BCUT2D eigenvalue weighted by Crippen LogP contribution is 2.29. The number of amides is 2. The van der Waals surface area contributed by atoms with Gasteiger partial charge in [-0.05, 0) is 24.4 Å². The van der Waals surface area contributed by atoms with Crippen LogP contribution >= 0.6 is 47.0 Å². The van der Waals surface area contributed by atoms with Crippen molar-refractivity contribution in [1.82, 2.24) is 5.32 Å². The van der Waals surface area contributed by atoms with Gasteiger partial charge in [0.1, 0.15) is 0 Å². The number of ether oxygens (including phenoxy) is 1. The van der Waals surface area contributed by atoms with Crippen LogP contribution in [-0.2, 0) is 9.53 Å². The van der Waals surface area contributed by atoms with Gasteiger partial charge in [-0.3, -0.25) is 10.1 Å². The van der Waals surface area contributed by atoms with E-state index in [4.69, 9.17) is 47.0 Å². The molecule has 0 aromatic heterocycles. The van der Waals surface area contributed by atoms with Crippen LogP contribution < -0.4 is 16.0 Å². The van der Waals surface area contributed by atoms with E-state index in [2.05, 4.69) is 20.7 Å². The van der Waals surface area contributed by atoms with Gasteiger partial charge in [-0.1, -0.05) is 46.9 Å². The van der Waals surface area contributed by atoms with Crippen LogP contribution in [0.5, 0.6) is 0 Å². The van der Waals surface area contributed by atoms with Gasteiger partial charge in [-0.25, -0.2) is 4.79 Å². The van der Waals surface area contributed by atoms with Gasteiger partial charge in [-0.2, -0.15) is 0 Å². The fraction of sp³-hybridized carbons (Fsp3) is 0.182. The Kier molecular flexibility index (Phi) is 6.47. The SMILES string of the molecule is COC(=O)NC(=S)Nc1ccccc1NC(=O)C(Cl)(Cl)Cl. The minimum Gasteiger partial charge on any atom is -0.453 e. The Hall–Kier alpha value is -1.28. The minimum atomic E-state index is -2.10. The van der Waals surface area contributed by atoms with Gasteiger partial charge < -0.3 is 15.4 Å². The second-order valence-electron chi connectivity index (χ2n) is 3.57. The van der Waals surface area contributed by atoms with Gasteiger partial charge >= 0.3 is 6.09 Å². The van der Waals surface area contributed by atoms with Crippen LogP contribution in [0.2, 0.25) is 0 Å². The van der Waals surface area contributed by atoms with Crippen LogP contribution in [0.4, 0.5) is 16.2 Å². The summed E-state index contributed by atoms with van der Waals surface area (Å²) >= 11 is 21.3. The highest BCUT2D eigenvalue weighted by molar-refractivity contribution is 7.80. The van der Waals surface area contributed by atoms with Crippen molar-refractivity contribution in [1.29, 1.82) is 0 Å². The van der Waals surface area contributed by atoms with Crippen LogP contribution in [0, 0.1) is 0 Å². The number of hydrogen-bond acceptors (Lipinski definition) is 4. The number of alkyl halides is 3. The predicted molar refractivity (Wildman–Crippen MR) is 87.1 cm³/mol. The first-order valence-corrected chi connectivity index (χ1v) is 6.91. The summed E-state index contributed by atoms with van der Waals surface area (Å²) in [6, 6.07) is 6.53. The molecule has 0 aliphatic rings. The quantitative estimate of drug-likeness (QED) is 0.551. The lowest BCUT2D eigenvalue weighted by molar-refractivity contribution is -0.115. The molecule has 21 heavy (non-hydrogen) atoms. The number of benzene rings is 1. The number of anilines is 2. The zero-order chi connectivity index (χ0) is 16.0. The van der Waals surface area contributed by atoms with Crippen molar-refractivity contribution in [2.45, 2.75) is 3.79 Å². The van der Waals surface area contributed by atoms with E-state index in [-0.39, 0.29) is 5.11 Å². The molecule has 0 bridgehead atoms. The monoisotopic (exact) mass is 369 g/mol. The lowest BCUT2D eigenvalue weighted by Gasteiger charge is -2.16. The Labute approximate surface area is 141 Å². The smallest absolute Gasteiger partial charge is 0.413 e. The van der Waals surface area contributed by atoms with E-state index in [1.165, 1.54) is 7.11 Å². The third-order valence-electron chi connectivity index (χ3n) is 2.08. The molecule has 3 N–H and O–H groups in total. The molecule has 1 rings (SSSR count). The summed E-state index contributed by atoms with van der Waals surface area (Å²) in [5.41, 5.74) is 0.726. The van der Waals surface area contributed by atoms with Crippen LogP contribution in [0.3, 0.4) is 0 Å². The second-order valence-corrected chi connectivity index (χ2v) is 6.26. The maximum Gasteiger partial charge on any atom is 0.413 e. The summed E-state index contributed by atoms with van der Waals surface area (Å²) in [6.45, 7) is 0. The number of halogens is 3. The zero-order valence-electron chi connectivity index (χ0n) is 10.6. The molecule has 1 aromatic carbocycles. The first-order chi connectivity index (χ1) is 9.74. The number of rotatable bonds is 2. The molecule has 1 aromatic rings. The summed E-state index contributed by atoms with van der Waals surface area (Å²) in [5, 5.41) is 7.37. The van der Waals surface area contributed by atoms with E-state index in [1.54, 1.807) is 24.3 Å². The number of thiocarbonyl (C=S) groups is 1. The van der Waals surface area contributed by atoms with Gasteiger partial charge in [-0.15, -0.1) is 0 Å². The van der Waals surface area contributed by atoms with Crippen LogP contribution in [0.15, 0.2) is 24.3 Å². The van der Waals surface area contributed by atoms with E-state index in [1.807, 2.05) is 0 Å². The van der Waals surface area contributed by atoms with Crippen molar-refractivity contribution >= 4 is 75.5 Å². The zero-order valence-corrected chi connectivity index (χ0v) is 13.7. The molecule has 6 nitrogen and oxygen atoms in total. The van der Waals surface area contributed by atoms with Crippen LogP contribution in [0.1, 0.15) is 0 Å². The second kappa shape index (κ2) is 7.65. The summed E-state index contributed by atoms with van der Waals surface area (Å²) in [7, 11) is 1.20. The third-order valence-corrected chi connectivity index (χ3v) is 2.80. The predicted octanol–water partition coefficient (Wildman–Crippen LogP) is 3.05. The number of carbonyl (C=O) groups is 2. The molecule has 0 radical (unpaired) electrons. The lowest BCUT2D eigenvalue weighted by Crippen LogP contribution is -2.34. The Bertz CT molecular complexity index is 563. The number of carbonyl (C=O) groups excluding carboxylic acids is 2. The molecular weight excluding hydrogens is 361 g/mol. The molecule has 10 heteroatoms. The molecule has 2 amide bonds. The number of nitrogens with one attached hydrogen (secondary N) is 3. The van der Waals surface area contributed by atoms with Gasteiger partial charge in [0, 0.05) is 0 Å². The maximum atomic E-state index is 11.6. The number of alkyl carbamates (subject to hydrolysis) is 1. The Morgan fingerprint density at radius 2 is 1.67 bits per heavy atom. The van der Waals surface area contributed by atoms with Crippen molar-refractivity contribution < 1.29 is 14.3 Å². The van der Waals surface area contributed by atoms with E-state index >= 15 is 0 Å². The van der Waals surface area contributed by atoms with Crippen molar-refractivity contribution in [2.75, 3.05) is 17.7 Å². The first-order valence-electron chi connectivity index (χ1n) is 5.37. The molecule has 0 saturated heterocycles. The summed E-state index contributed by atoms with van der Waals surface area (Å²) in [5.74, 6) is -0.825. The van der Waals surface area contributed by atoms with Gasteiger partial charge in [0.2, 0.25) is 0 Å². The maximum absolute atomic E-state index is 11.6. The average molecular weight is 371 g/mol. The van der Waals surface area contributed by atoms with Gasteiger partial charge in [0.15, 0.2) is 5.11 Å². The standard InChI is InChI=1S/C11H10Cl3N3O3S/c1-20-10(19)17-9(21)16-7-5-3-2-4-6(7)15-8(18)11(12,13)14/h2-5H,1H3,(H,15,18)(H2,16,17,19,21). The van der Waals surface area contributed by atoms with Crippen molar-refractivity contribution in [3.05, 3.63) is 24.3 Å². The lowest BCUT2D eigenvalue weighted by atomic mass is 10.2. The van der Waals surface area contributed by atoms with Crippen molar-refractivity contribution in [3.63, 3.8) is 0 Å². The average Bonchev–Trinajstić information content (AvgIpc) is 2.39. The number of para-hydroxylation sites is 2. The van der Waals surface area contributed by atoms with E-state index in [0.29, 0.717) is 11.4 Å². The van der Waals surface area contributed by atoms with Crippen molar-refractivity contribution in [3.8, 4) is 0 Å². The molecule has 0 aliphatic heterocycles. The highest BCUT2D eigenvalue weighted by atomic mass is 35.6. The van der Waals surface area contributed by atoms with Crippen LogP contribution in [-0.4, -0.2) is 28.0 Å². The molecule has 0 spiro atoms. The number of hydrogen-bond donors (Lipinski definition) is 3. The molecule has 0 aliphatic carbocycles. The minimum absolute atomic E-state index is 0.0163. The Morgan fingerprint density at radius 1 is 1.14 bits per heavy atom. The Balaban J connectivity index is 2.83. The molecule has 0 unspecified atom stereocenters. The summed E-state index contributed by atoms with van der Waals surface area (Å²) in [6.07, 6.45) is -0.727. The molecule has 0 atom stereocenters. The fourth-order valence-electron chi connectivity index (χ4n) is 1.19. The largest absolute Gasteiger partial charge is 0.453 e. The highest BCUT2D eigenvalue weighted by Gasteiger charge is 2.31. The normalized spacial score (nSPS) is 10.5. The van der Waals surface area contributed by atoms with Crippen LogP contribution in [0.25, 0.3) is 0 Å². The summed E-state index contributed by atoms with van der Waals surface area (Å²) in [4.78, 5) is 22.7. The summed E-state index contributed by atoms with van der Waals surface area (Å²) < 4.78 is 2.30. The van der Waals surface area contributed by atoms with Gasteiger partial charge in [0.05, 0.1) is 18.5 Å². The van der Waals surface area contributed by atoms with E-state index in [0.717, 1.165) is 0 Å². The fourth-order valence-corrected chi connectivity index (χ4v) is 1.53. The van der Waals surface area contributed by atoms with E-state index in [9.17, 15) is 9.59 Å². The first kappa shape index (κ1) is 17.8.